The van der Waals surface area contributed by atoms with E-state index < -0.39 is 11.8 Å². The molecule has 0 saturated carbocycles. The Morgan fingerprint density at radius 3 is 2.39 bits per heavy atom. The molecule has 1 aromatic heterocycles. The maximum Gasteiger partial charge on any atom is 0.256 e. The van der Waals surface area contributed by atoms with Crippen molar-refractivity contribution in [1.29, 1.82) is 0 Å². The standard InChI is InChI=1S/C19H17FN6O2/c1-22-18(28)14-10-23-19(24-12-8-6-11(20)7-9-12)26-17(14)25-15-5-3-2-4-13(15)16(21)27/h2-10H,1H3,(H2,21,27)(H,22,28)(H2,23,24,25,26). The van der Waals surface area contributed by atoms with E-state index in [1.165, 1.54) is 37.5 Å². The Labute approximate surface area is 160 Å². The second kappa shape index (κ2) is 8.12. The van der Waals surface area contributed by atoms with E-state index >= 15 is 0 Å². The van der Waals surface area contributed by atoms with E-state index in [0.29, 0.717) is 11.4 Å². The van der Waals surface area contributed by atoms with Gasteiger partial charge in [-0.05, 0) is 36.4 Å². The molecular weight excluding hydrogens is 363 g/mol. The number of anilines is 4. The van der Waals surface area contributed by atoms with Crippen LogP contribution < -0.4 is 21.7 Å². The number of halogens is 1. The number of carbonyl (C=O) groups is 2. The van der Waals surface area contributed by atoms with Crippen molar-refractivity contribution < 1.29 is 14.0 Å². The average Bonchev–Trinajstić information content (AvgIpc) is 2.69. The summed E-state index contributed by atoms with van der Waals surface area (Å²) in [5, 5.41) is 8.39. The van der Waals surface area contributed by atoms with Crippen LogP contribution in [0.3, 0.4) is 0 Å². The van der Waals surface area contributed by atoms with Crippen molar-refractivity contribution in [1.82, 2.24) is 15.3 Å². The van der Waals surface area contributed by atoms with Crippen molar-refractivity contribution in [2.24, 2.45) is 5.73 Å². The summed E-state index contributed by atoms with van der Waals surface area (Å²) in [7, 11) is 1.48. The van der Waals surface area contributed by atoms with Crippen LogP contribution in [0.25, 0.3) is 0 Å². The first-order valence-electron chi connectivity index (χ1n) is 8.25. The number of nitrogens with zero attached hydrogens (tertiary/aromatic N) is 2. The summed E-state index contributed by atoms with van der Waals surface area (Å²) >= 11 is 0. The van der Waals surface area contributed by atoms with E-state index in [9.17, 15) is 14.0 Å². The van der Waals surface area contributed by atoms with Crippen molar-refractivity contribution >= 4 is 35.0 Å². The lowest BCUT2D eigenvalue weighted by Crippen LogP contribution is -2.21. The zero-order valence-corrected chi connectivity index (χ0v) is 14.9. The van der Waals surface area contributed by atoms with Gasteiger partial charge in [-0.2, -0.15) is 4.98 Å². The molecule has 142 valence electrons. The van der Waals surface area contributed by atoms with Crippen LogP contribution in [0, 0.1) is 5.82 Å². The molecule has 0 unspecified atom stereocenters. The van der Waals surface area contributed by atoms with Gasteiger partial charge in [0.15, 0.2) is 0 Å². The van der Waals surface area contributed by atoms with E-state index in [0.717, 1.165) is 0 Å². The van der Waals surface area contributed by atoms with Crippen LogP contribution in [0.5, 0.6) is 0 Å². The van der Waals surface area contributed by atoms with Crippen molar-refractivity contribution in [3.63, 3.8) is 0 Å². The number of hydrogen-bond acceptors (Lipinski definition) is 6. The molecule has 0 spiro atoms. The minimum Gasteiger partial charge on any atom is -0.366 e. The molecular formula is C19H17FN6O2. The predicted molar refractivity (Wildman–Crippen MR) is 103 cm³/mol. The van der Waals surface area contributed by atoms with Crippen molar-refractivity contribution in [3.05, 3.63) is 71.7 Å². The molecule has 0 saturated heterocycles. The number of benzene rings is 2. The molecule has 0 aliphatic carbocycles. The average molecular weight is 380 g/mol. The number of primary amides is 1. The van der Waals surface area contributed by atoms with Crippen LogP contribution in [-0.2, 0) is 0 Å². The zero-order valence-electron chi connectivity index (χ0n) is 14.9. The minimum atomic E-state index is -0.622. The normalized spacial score (nSPS) is 10.2. The molecule has 9 heteroatoms. The molecule has 3 aromatic rings. The summed E-state index contributed by atoms with van der Waals surface area (Å²) in [5.74, 6) is -1.05. The lowest BCUT2D eigenvalue weighted by Gasteiger charge is -2.14. The van der Waals surface area contributed by atoms with Crippen molar-refractivity contribution in [2.45, 2.75) is 0 Å². The summed E-state index contributed by atoms with van der Waals surface area (Å²) < 4.78 is 13.1. The quantitative estimate of drug-likeness (QED) is 0.521. The van der Waals surface area contributed by atoms with Gasteiger partial charge in [0.2, 0.25) is 5.95 Å². The highest BCUT2D eigenvalue weighted by Crippen LogP contribution is 2.24. The molecule has 0 aliphatic heterocycles. The topological polar surface area (TPSA) is 122 Å². The van der Waals surface area contributed by atoms with Gasteiger partial charge in [0.05, 0.1) is 11.3 Å². The number of carbonyl (C=O) groups excluding carboxylic acids is 2. The van der Waals surface area contributed by atoms with Gasteiger partial charge < -0.3 is 21.7 Å². The van der Waals surface area contributed by atoms with Gasteiger partial charge in [-0.3, -0.25) is 9.59 Å². The molecule has 5 N–H and O–H groups in total. The SMILES string of the molecule is CNC(=O)c1cnc(Nc2ccc(F)cc2)nc1Nc1ccccc1C(N)=O. The molecule has 8 nitrogen and oxygen atoms in total. The number of nitrogens with two attached hydrogens (primary N) is 1. The molecule has 2 aromatic carbocycles. The first-order chi connectivity index (χ1) is 13.5. The third kappa shape index (κ3) is 4.21. The van der Waals surface area contributed by atoms with Gasteiger partial charge in [-0.25, -0.2) is 9.37 Å². The van der Waals surface area contributed by atoms with Gasteiger partial charge >= 0.3 is 0 Å². The molecule has 1 heterocycles. The second-order valence-electron chi connectivity index (χ2n) is 5.70. The fraction of sp³-hybridized carbons (Fsp3) is 0.0526. The van der Waals surface area contributed by atoms with Gasteiger partial charge in [0, 0.05) is 18.9 Å². The highest BCUT2D eigenvalue weighted by molar-refractivity contribution is 6.02. The molecule has 0 bridgehead atoms. The van der Waals surface area contributed by atoms with Crippen molar-refractivity contribution in [3.8, 4) is 0 Å². The Hall–Kier alpha value is -4.01. The van der Waals surface area contributed by atoms with Crippen LogP contribution in [0.15, 0.2) is 54.7 Å². The van der Waals surface area contributed by atoms with Crippen LogP contribution in [0.1, 0.15) is 20.7 Å². The summed E-state index contributed by atoms with van der Waals surface area (Å²) in [6.07, 6.45) is 1.34. The number of aromatic nitrogens is 2. The molecule has 2 amide bonds. The zero-order chi connectivity index (χ0) is 20.1. The molecule has 28 heavy (non-hydrogen) atoms. The monoisotopic (exact) mass is 380 g/mol. The van der Waals surface area contributed by atoms with Gasteiger partial charge in [0.25, 0.3) is 11.8 Å². The smallest absolute Gasteiger partial charge is 0.256 e. The van der Waals surface area contributed by atoms with Crippen molar-refractivity contribution in [2.75, 3.05) is 17.7 Å². The maximum absolute atomic E-state index is 13.1. The van der Waals surface area contributed by atoms with Crippen LogP contribution in [0.4, 0.5) is 27.5 Å². The number of para-hydroxylation sites is 1. The van der Waals surface area contributed by atoms with E-state index in [1.54, 1.807) is 24.3 Å². The van der Waals surface area contributed by atoms with Crippen LogP contribution in [-0.4, -0.2) is 28.8 Å². The predicted octanol–water partition coefficient (Wildman–Crippen LogP) is 2.56. The highest BCUT2D eigenvalue weighted by atomic mass is 19.1. The summed E-state index contributed by atoms with van der Waals surface area (Å²) in [5.41, 5.74) is 6.78. The Kier molecular flexibility index (Phi) is 5.45. The lowest BCUT2D eigenvalue weighted by atomic mass is 10.1. The lowest BCUT2D eigenvalue weighted by molar-refractivity contribution is 0.0962. The summed E-state index contributed by atoms with van der Waals surface area (Å²) in [6.45, 7) is 0. The molecule has 0 atom stereocenters. The van der Waals surface area contributed by atoms with Crippen LogP contribution >= 0.6 is 0 Å². The van der Waals surface area contributed by atoms with E-state index in [2.05, 4.69) is 25.9 Å². The Bertz CT molecular complexity index is 1020. The number of nitrogens with one attached hydrogen (secondary N) is 3. The molecule has 3 rings (SSSR count). The van der Waals surface area contributed by atoms with E-state index in [4.69, 9.17) is 5.73 Å². The summed E-state index contributed by atoms with van der Waals surface area (Å²) in [4.78, 5) is 32.2. The minimum absolute atomic E-state index is 0.173. The first-order valence-corrected chi connectivity index (χ1v) is 8.25. The van der Waals surface area contributed by atoms with E-state index in [1.807, 2.05) is 0 Å². The van der Waals surface area contributed by atoms with Gasteiger partial charge in [0.1, 0.15) is 17.2 Å². The van der Waals surface area contributed by atoms with E-state index in [-0.39, 0.29) is 28.7 Å². The molecule has 0 radical (unpaired) electrons. The second-order valence-corrected chi connectivity index (χ2v) is 5.70. The Balaban J connectivity index is 1.98. The summed E-state index contributed by atoms with van der Waals surface area (Å²) in [6, 6.07) is 12.2. The Morgan fingerprint density at radius 2 is 1.71 bits per heavy atom. The largest absolute Gasteiger partial charge is 0.366 e. The van der Waals surface area contributed by atoms with Gasteiger partial charge in [-0.1, -0.05) is 12.1 Å². The molecule has 0 aliphatic rings. The van der Waals surface area contributed by atoms with Crippen LogP contribution in [0.2, 0.25) is 0 Å². The Morgan fingerprint density at radius 1 is 1.00 bits per heavy atom. The fourth-order valence-electron chi connectivity index (χ4n) is 2.44. The maximum atomic E-state index is 13.1. The third-order valence-corrected chi connectivity index (χ3v) is 3.81. The number of hydrogen-bond donors (Lipinski definition) is 4. The first kappa shape index (κ1) is 18.8. The number of amides is 2. The fourth-order valence-corrected chi connectivity index (χ4v) is 2.44. The number of rotatable bonds is 6. The highest BCUT2D eigenvalue weighted by Gasteiger charge is 2.16. The third-order valence-electron chi connectivity index (χ3n) is 3.81. The van der Waals surface area contributed by atoms with Gasteiger partial charge in [-0.15, -0.1) is 0 Å². The molecule has 0 fully saturated rings.